The number of nitrogens with zero attached hydrogens (tertiary/aromatic N) is 3. The first-order valence-electron chi connectivity index (χ1n) is 10.2. The van der Waals surface area contributed by atoms with Crippen molar-refractivity contribution >= 4 is 11.9 Å². The van der Waals surface area contributed by atoms with Crippen molar-refractivity contribution in [1.82, 2.24) is 20.4 Å². The van der Waals surface area contributed by atoms with E-state index < -0.39 is 0 Å². The van der Waals surface area contributed by atoms with E-state index in [0.717, 1.165) is 50.9 Å². The molecule has 1 aliphatic rings. The van der Waals surface area contributed by atoms with Gasteiger partial charge in [-0.05, 0) is 38.6 Å². The molecule has 0 aliphatic carbocycles. The zero-order valence-electron chi connectivity index (χ0n) is 17.2. The second-order valence-electron chi connectivity index (χ2n) is 6.80. The van der Waals surface area contributed by atoms with Crippen LogP contribution in [0.3, 0.4) is 0 Å². The highest BCUT2D eigenvalue weighted by atomic mass is 16.3. The summed E-state index contributed by atoms with van der Waals surface area (Å²) in [5, 5.41) is 6.83. The number of carbonyl (C=O) groups excluding carboxylic acids is 1. The smallest absolute Gasteiger partial charge is 0.222 e. The van der Waals surface area contributed by atoms with Crippen molar-refractivity contribution in [1.29, 1.82) is 0 Å². The fourth-order valence-corrected chi connectivity index (χ4v) is 3.55. The lowest BCUT2D eigenvalue weighted by atomic mass is 10.2. The molecule has 0 radical (unpaired) electrons. The predicted octanol–water partition coefficient (Wildman–Crippen LogP) is 2.23. The van der Waals surface area contributed by atoms with Gasteiger partial charge in [-0.15, -0.1) is 0 Å². The minimum atomic E-state index is 0.118. The molecule has 0 spiro atoms. The number of carbonyl (C=O) groups is 1. The van der Waals surface area contributed by atoms with Gasteiger partial charge in [0.1, 0.15) is 5.76 Å². The van der Waals surface area contributed by atoms with Crippen LogP contribution in [0.2, 0.25) is 0 Å². The summed E-state index contributed by atoms with van der Waals surface area (Å²) in [6.45, 7) is 13.2. The molecular formula is C20H35N5O2. The number of aliphatic imine (C=N–C) groups is 1. The van der Waals surface area contributed by atoms with Crippen LogP contribution < -0.4 is 10.6 Å². The van der Waals surface area contributed by atoms with E-state index >= 15 is 0 Å². The molecule has 1 fully saturated rings. The van der Waals surface area contributed by atoms with Crippen molar-refractivity contribution in [3.63, 3.8) is 0 Å². The van der Waals surface area contributed by atoms with Gasteiger partial charge in [-0.3, -0.25) is 14.7 Å². The Bertz CT molecular complexity index is 583. The Balaban J connectivity index is 2.03. The first-order chi connectivity index (χ1) is 13.1. The zero-order valence-corrected chi connectivity index (χ0v) is 17.2. The second-order valence-corrected chi connectivity index (χ2v) is 6.80. The summed E-state index contributed by atoms with van der Waals surface area (Å²) < 4.78 is 5.66. The third-order valence-electron chi connectivity index (χ3n) is 5.08. The highest BCUT2D eigenvalue weighted by Gasteiger charge is 2.26. The molecule has 1 aromatic heterocycles. The molecule has 1 aromatic rings. The first-order valence-corrected chi connectivity index (χ1v) is 10.2. The molecular weight excluding hydrogens is 342 g/mol. The lowest BCUT2D eigenvalue weighted by molar-refractivity contribution is -0.129. The minimum Gasteiger partial charge on any atom is -0.468 e. The van der Waals surface area contributed by atoms with Crippen LogP contribution in [0, 0.1) is 0 Å². The molecule has 0 bridgehead atoms. The summed E-state index contributed by atoms with van der Waals surface area (Å²) in [6.07, 6.45) is 3.24. The summed E-state index contributed by atoms with van der Waals surface area (Å²) >= 11 is 0. The highest BCUT2D eigenvalue weighted by molar-refractivity contribution is 5.80. The third kappa shape index (κ3) is 5.99. The average Bonchev–Trinajstić information content (AvgIpc) is 3.36. The molecule has 1 amide bonds. The van der Waals surface area contributed by atoms with Crippen LogP contribution in [-0.2, 0) is 4.79 Å². The monoisotopic (exact) mass is 377 g/mol. The SMILES string of the molecule is CCNC(=NCC(c1ccco1)N(CC)CC)NC1CCN(C(=O)CC)C1. The molecule has 0 saturated carbocycles. The number of nitrogens with one attached hydrogen (secondary N) is 2. The third-order valence-corrected chi connectivity index (χ3v) is 5.08. The van der Waals surface area contributed by atoms with Crippen molar-refractivity contribution in [3.05, 3.63) is 24.2 Å². The summed E-state index contributed by atoms with van der Waals surface area (Å²) in [7, 11) is 0. The number of rotatable bonds is 9. The van der Waals surface area contributed by atoms with Crippen LogP contribution >= 0.6 is 0 Å². The van der Waals surface area contributed by atoms with E-state index in [2.05, 4.69) is 36.3 Å². The summed E-state index contributed by atoms with van der Waals surface area (Å²) in [5.41, 5.74) is 0. The fourth-order valence-electron chi connectivity index (χ4n) is 3.55. The Hall–Kier alpha value is -2.02. The van der Waals surface area contributed by atoms with E-state index in [-0.39, 0.29) is 18.0 Å². The first kappa shape index (κ1) is 21.3. The van der Waals surface area contributed by atoms with E-state index in [4.69, 9.17) is 9.41 Å². The maximum absolute atomic E-state index is 11.9. The van der Waals surface area contributed by atoms with Gasteiger partial charge in [-0.2, -0.15) is 0 Å². The fraction of sp³-hybridized carbons (Fsp3) is 0.700. The Labute approximate surface area is 163 Å². The molecule has 7 nitrogen and oxygen atoms in total. The summed E-state index contributed by atoms with van der Waals surface area (Å²) in [4.78, 5) is 21.0. The molecule has 2 N–H and O–H groups in total. The lowest BCUT2D eigenvalue weighted by Gasteiger charge is -2.27. The van der Waals surface area contributed by atoms with Gasteiger partial charge in [0, 0.05) is 32.1 Å². The highest BCUT2D eigenvalue weighted by Crippen LogP contribution is 2.21. The summed E-state index contributed by atoms with van der Waals surface area (Å²) in [6, 6.07) is 4.31. The van der Waals surface area contributed by atoms with Crippen LogP contribution in [0.1, 0.15) is 52.3 Å². The van der Waals surface area contributed by atoms with E-state index in [9.17, 15) is 4.79 Å². The predicted molar refractivity (Wildman–Crippen MR) is 109 cm³/mol. The van der Waals surface area contributed by atoms with E-state index in [0.29, 0.717) is 13.0 Å². The van der Waals surface area contributed by atoms with Crippen molar-refractivity contribution < 1.29 is 9.21 Å². The number of amides is 1. The molecule has 152 valence electrons. The molecule has 2 unspecified atom stereocenters. The van der Waals surface area contributed by atoms with Gasteiger partial charge < -0.3 is 20.0 Å². The largest absolute Gasteiger partial charge is 0.468 e. The topological polar surface area (TPSA) is 73.1 Å². The van der Waals surface area contributed by atoms with Crippen molar-refractivity contribution in [3.8, 4) is 0 Å². The molecule has 1 aliphatic heterocycles. The molecule has 2 atom stereocenters. The quantitative estimate of drug-likeness (QED) is 0.510. The molecule has 1 saturated heterocycles. The van der Waals surface area contributed by atoms with Gasteiger partial charge in [-0.1, -0.05) is 20.8 Å². The van der Waals surface area contributed by atoms with Crippen LogP contribution in [0.5, 0.6) is 0 Å². The van der Waals surface area contributed by atoms with E-state index in [1.165, 1.54) is 0 Å². The average molecular weight is 378 g/mol. The van der Waals surface area contributed by atoms with Crippen molar-refractivity contribution in [2.75, 3.05) is 39.3 Å². The van der Waals surface area contributed by atoms with Crippen LogP contribution in [-0.4, -0.2) is 67.0 Å². The minimum absolute atomic E-state index is 0.118. The second kappa shape index (κ2) is 11.0. The number of likely N-dealkylation sites (tertiary alicyclic amines) is 1. The summed E-state index contributed by atoms with van der Waals surface area (Å²) in [5.74, 6) is 1.97. The molecule has 2 heterocycles. The van der Waals surface area contributed by atoms with E-state index in [1.54, 1.807) is 6.26 Å². The van der Waals surface area contributed by atoms with Gasteiger partial charge in [-0.25, -0.2) is 0 Å². The van der Waals surface area contributed by atoms with Crippen LogP contribution in [0.25, 0.3) is 0 Å². The van der Waals surface area contributed by atoms with Gasteiger partial charge in [0.05, 0.1) is 18.8 Å². The normalized spacial score (nSPS) is 18.8. The van der Waals surface area contributed by atoms with Gasteiger partial charge >= 0.3 is 0 Å². The number of hydrogen-bond donors (Lipinski definition) is 2. The molecule has 2 rings (SSSR count). The lowest BCUT2D eigenvalue weighted by Crippen LogP contribution is -2.45. The number of guanidine groups is 1. The standard InChI is InChI=1S/C20H35N5O2/c1-5-19(26)25-12-11-16(15-25)23-20(21-6-2)22-14-17(24(7-3)8-4)18-10-9-13-27-18/h9-10,13,16-17H,5-8,11-12,14-15H2,1-4H3,(H2,21,22,23). The van der Waals surface area contributed by atoms with Gasteiger partial charge in [0.15, 0.2) is 5.96 Å². The van der Waals surface area contributed by atoms with E-state index in [1.807, 2.05) is 24.0 Å². The Kier molecular flexibility index (Phi) is 8.64. The molecule has 27 heavy (non-hydrogen) atoms. The number of hydrogen-bond acceptors (Lipinski definition) is 4. The Morgan fingerprint density at radius 2 is 2.15 bits per heavy atom. The number of likely N-dealkylation sites (N-methyl/N-ethyl adjacent to an activating group) is 1. The Morgan fingerprint density at radius 3 is 2.74 bits per heavy atom. The van der Waals surface area contributed by atoms with Crippen LogP contribution in [0.15, 0.2) is 27.8 Å². The molecule has 0 aromatic carbocycles. The maximum atomic E-state index is 11.9. The molecule has 7 heteroatoms. The maximum Gasteiger partial charge on any atom is 0.222 e. The van der Waals surface area contributed by atoms with Gasteiger partial charge in [0.25, 0.3) is 0 Å². The Morgan fingerprint density at radius 1 is 1.37 bits per heavy atom. The van der Waals surface area contributed by atoms with Gasteiger partial charge in [0.2, 0.25) is 5.91 Å². The van der Waals surface area contributed by atoms with Crippen LogP contribution in [0.4, 0.5) is 0 Å². The van der Waals surface area contributed by atoms with Crippen molar-refractivity contribution in [2.24, 2.45) is 4.99 Å². The number of furan rings is 1. The zero-order chi connectivity index (χ0) is 19.6. The van der Waals surface area contributed by atoms with Crippen molar-refractivity contribution in [2.45, 2.75) is 52.6 Å².